The summed E-state index contributed by atoms with van der Waals surface area (Å²) < 4.78 is 5.26. The molecule has 0 unspecified atom stereocenters. The molecule has 0 spiro atoms. The van der Waals surface area contributed by atoms with Gasteiger partial charge in [-0.1, -0.05) is 24.3 Å². The second-order valence-corrected chi connectivity index (χ2v) is 5.75. The number of anilines is 2. The molecular weight excluding hydrogens is 328 g/mol. The molecule has 1 heterocycles. The molecule has 1 amide bonds. The average Bonchev–Trinajstić information content (AvgIpc) is 2.65. The van der Waals surface area contributed by atoms with Crippen molar-refractivity contribution in [1.82, 2.24) is 4.98 Å². The molecule has 1 aromatic heterocycles. The number of carbonyl (C=O) groups excluding carboxylic acids is 1. The van der Waals surface area contributed by atoms with Gasteiger partial charge < -0.3 is 15.4 Å². The Morgan fingerprint density at radius 2 is 2.04 bits per heavy atom. The molecular formula is C20H18N4O2. The van der Waals surface area contributed by atoms with Gasteiger partial charge in [0.25, 0.3) is 0 Å². The number of hydrogen-bond donors (Lipinski definition) is 2. The fourth-order valence-corrected chi connectivity index (χ4v) is 2.70. The highest BCUT2D eigenvalue weighted by atomic mass is 16.5. The van der Waals surface area contributed by atoms with Gasteiger partial charge in [-0.15, -0.1) is 0 Å². The fraction of sp³-hybridized carbons (Fsp3) is 0.150. The zero-order chi connectivity index (χ0) is 18.5. The number of nitrogens with zero attached hydrogens (tertiary/aromatic N) is 2. The van der Waals surface area contributed by atoms with E-state index < -0.39 is 0 Å². The highest BCUT2D eigenvalue weighted by Gasteiger charge is 2.08. The highest BCUT2D eigenvalue weighted by Crippen LogP contribution is 2.26. The summed E-state index contributed by atoms with van der Waals surface area (Å²) in [6.45, 7) is 1.94. The predicted octanol–water partition coefficient (Wildman–Crippen LogP) is 3.69. The second kappa shape index (κ2) is 7.53. The molecule has 3 rings (SSSR count). The number of benzene rings is 2. The van der Waals surface area contributed by atoms with Crippen LogP contribution in [0.1, 0.15) is 18.1 Å². The Morgan fingerprint density at radius 3 is 2.77 bits per heavy atom. The lowest BCUT2D eigenvalue weighted by atomic mass is 10.1. The summed E-state index contributed by atoms with van der Waals surface area (Å²) in [5.41, 5.74) is 2.90. The van der Waals surface area contributed by atoms with Crippen LogP contribution in [0.4, 0.5) is 11.5 Å². The maximum atomic E-state index is 11.3. The van der Waals surface area contributed by atoms with E-state index in [9.17, 15) is 10.1 Å². The number of amides is 1. The summed E-state index contributed by atoms with van der Waals surface area (Å²) >= 11 is 0. The SMILES string of the molecule is COc1ccc(CNc2cc(C#N)c3ccccc3n2)cc1NC(C)=O. The maximum Gasteiger partial charge on any atom is 0.221 e. The zero-order valence-electron chi connectivity index (χ0n) is 14.5. The largest absolute Gasteiger partial charge is 0.495 e. The Morgan fingerprint density at radius 1 is 1.23 bits per heavy atom. The van der Waals surface area contributed by atoms with Gasteiger partial charge in [0.15, 0.2) is 0 Å². The number of aromatic nitrogens is 1. The molecule has 0 aliphatic rings. The average molecular weight is 346 g/mol. The van der Waals surface area contributed by atoms with E-state index in [1.165, 1.54) is 6.92 Å². The van der Waals surface area contributed by atoms with Crippen molar-refractivity contribution < 1.29 is 9.53 Å². The Kier molecular flexibility index (Phi) is 4.99. The van der Waals surface area contributed by atoms with E-state index in [-0.39, 0.29) is 5.91 Å². The van der Waals surface area contributed by atoms with Crippen LogP contribution in [0.2, 0.25) is 0 Å². The van der Waals surface area contributed by atoms with Gasteiger partial charge in [0.05, 0.1) is 29.9 Å². The molecule has 2 N–H and O–H groups in total. The van der Waals surface area contributed by atoms with Crippen LogP contribution < -0.4 is 15.4 Å². The number of methoxy groups -OCH3 is 1. The Hall–Kier alpha value is -3.59. The van der Waals surface area contributed by atoms with Gasteiger partial charge in [0.2, 0.25) is 5.91 Å². The van der Waals surface area contributed by atoms with E-state index >= 15 is 0 Å². The molecule has 6 nitrogen and oxygen atoms in total. The smallest absolute Gasteiger partial charge is 0.221 e. The molecule has 0 saturated heterocycles. The molecule has 0 bridgehead atoms. The summed E-state index contributed by atoms with van der Waals surface area (Å²) in [7, 11) is 1.56. The Labute approximate surface area is 151 Å². The van der Waals surface area contributed by atoms with E-state index in [0.717, 1.165) is 16.5 Å². The monoisotopic (exact) mass is 346 g/mol. The number of fused-ring (bicyclic) bond motifs is 1. The molecule has 26 heavy (non-hydrogen) atoms. The molecule has 0 atom stereocenters. The van der Waals surface area contributed by atoms with Crippen molar-refractivity contribution in [2.24, 2.45) is 0 Å². The van der Waals surface area contributed by atoms with Crippen LogP contribution in [0, 0.1) is 11.3 Å². The van der Waals surface area contributed by atoms with Gasteiger partial charge in [-0.2, -0.15) is 5.26 Å². The third-order valence-electron chi connectivity index (χ3n) is 3.88. The Balaban J connectivity index is 1.84. The van der Waals surface area contributed by atoms with E-state index in [1.807, 2.05) is 36.4 Å². The number of pyridine rings is 1. The minimum atomic E-state index is -0.164. The number of nitriles is 1. The first-order chi connectivity index (χ1) is 12.6. The van der Waals surface area contributed by atoms with Crippen LogP contribution in [0.25, 0.3) is 10.9 Å². The van der Waals surface area contributed by atoms with E-state index in [4.69, 9.17) is 4.74 Å². The van der Waals surface area contributed by atoms with Gasteiger partial charge in [-0.25, -0.2) is 4.98 Å². The lowest BCUT2D eigenvalue weighted by Crippen LogP contribution is -2.08. The molecule has 0 saturated carbocycles. The van der Waals surface area contributed by atoms with Crippen LogP contribution >= 0.6 is 0 Å². The molecule has 130 valence electrons. The van der Waals surface area contributed by atoms with Crippen LogP contribution in [-0.4, -0.2) is 18.0 Å². The molecule has 0 fully saturated rings. The van der Waals surface area contributed by atoms with Crippen LogP contribution in [-0.2, 0) is 11.3 Å². The van der Waals surface area contributed by atoms with Gasteiger partial charge in [0.1, 0.15) is 11.6 Å². The topological polar surface area (TPSA) is 87.0 Å². The summed E-state index contributed by atoms with van der Waals surface area (Å²) in [5, 5.41) is 16.2. The first-order valence-corrected chi connectivity index (χ1v) is 8.09. The van der Waals surface area contributed by atoms with Gasteiger partial charge >= 0.3 is 0 Å². The van der Waals surface area contributed by atoms with Crippen LogP contribution in [0.3, 0.4) is 0 Å². The standard InChI is InChI=1S/C20H18N4O2/c1-13(25)23-18-9-14(7-8-19(18)26-2)12-22-20-10-15(11-21)16-5-3-4-6-17(16)24-20/h3-10H,12H2,1-2H3,(H,22,24)(H,23,25). The predicted molar refractivity (Wildman–Crippen MR) is 101 cm³/mol. The zero-order valence-corrected chi connectivity index (χ0v) is 14.5. The summed E-state index contributed by atoms with van der Waals surface area (Å²) in [6.07, 6.45) is 0. The van der Waals surface area contributed by atoms with Crippen LogP contribution in [0.15, 0.2) is 48.5 Å². The number of hydrogen-bond acceptors (Lipinski definition) is 5. The number of ether oxygens (including phenoxy) is 1. The molecule has 6 heteroatoms. The molecule has 3 aromatic rings. The molecule has 0 radical (unpaired) electrons. The quantitative estimate of drug-likeness (QED) is 0.736. The number of rotatable bonds is 5. The summed E-state index contributed by atoms with van der Waals surface area (Å²) in [4.78, 5) is 15.9. The molecule has 0 aliphatic heterocycles. The van der Waals surface area contributed by atoms with Crippen molar-refractivity contribution in [2.45, 2.75) is 13.5 Å². The summed E-state index contributed by atoms with van der Waals surface area (Å²) in [5.74, 6) is 1.06. The highest BCUT2D eigenvalue weighted by molar-refractivity contribution is 5.90. The van der Waals surface area contributed by atoms with Crippen molar-refractivity contribution in [1.29, 1.82) is 5.26 Å². The maximum absolute atomic E-state index is 11.3. The summed E-state index contributed by atoms with van der Waals surface area (Å²) in [6, 6.07) is 17.0. The van der Waals surface area contributed by atoms with Gasteiger partial charge in [-0.3, -0.25) is 4.79 Å². The Bertz CT molecular complexity index is 1010. The lowest BCUT2D eigenvalue weighted by molar-refractivity contribution is -0.114. The van der Waals surface area contributed by atoms with Crippen molar-refractivity contribution in [3.05, 3.63) is 59.7 Å². The third-order valence-corrected chi connectivity index (χ3v) is 3.88. The number of para-hydroxylation sites is 1. The lowest BCUT2D eigenvalue weighted by Gasteiger charge is -2.12. The van der Waals surface area contributed by atoms with E-state index in [0.29, 0.717) is 29.4 Å². The number of carbonyl (C=O) groups is 1. The van der Waals surface area contributed by atoms with Crippen molar-refractivity contribution in [3.63, 3.8) is 0 Å². The minimum Gasteiger partial charge on any atom is -0.495 e. The molecule has 0 aliphatic carbocycles. The van der Waals surface area contributed by atoms with E-state index in [2.05, 4.69) is 21.7 Å². The normalized spacial score (nSPS) is 10.2. The molecule has 2 aromatic carbocycles. The van der Waals surface area contributed by atoms with Crippen LogP contribution in [0.5, 0.6) is 5.75 Å². The van der Waals surface area contributed by atoms with Gasteiger partial charge in [-0.05, 0) is 29.8 Å². The fourth-order valence-electron chi connectivity index (χ4n) is 2.70. The third kappa shape index (κ3) is 3.73. The van der Waals surface area contributed by atoms with Crippen molar-refractivity contribution >= 4 is 28.3 Å². The second-order valence-electron chi connectivity index (χ2n) is 5.75. The first-order valence-electron chi connectivity index (χ1n) is 8.09. The van der Waals surface area contributed by atoms with Gasteiger partial charge in [0, 0.05) is 18.9 Å². The van der Waals surface area contributed by atoms with Crippen molar-refractivity contribution in [2.75, 3.05) is 17.7 Å². The number of nitrogens with one attached hydrogen (secondary N) is 2. The van der Waals surface area contributed by atoms with E-state index in [1.54, 1.807) is 19.2 Å². The minimum absolute atomic E-state index is 0.164. The van der Waals surface area contributed by atoms with Crippen molar-refractivity contribution in [3.8, 4) is 11.8 Å². The first kappa shape index (κ1) is 17.2.